The van der Waals surface area contributed by atoms with Gasteiger partial charge in [0.05, 0.1) is 5.92 Å². The van der Waals surface area contributed by atoms with Gasteiger partial charge in [0, 0.05) is 89.7 Å². The van der Waals surface area contributed by atoms with Gasteiger partial charge in [-0.3, -0.25) is 19.3 Å². The number of hydrogen-bond acceptors (Lipinski definition) is 9. The van der Waals surface area contributed by atoms with Gasteiger partial charge >= 0.3 is 0 Å². The second kappa shape index (κ2) is 15.6. The van der Waals surface area contributed by atoms with E-state index in [0.717, 1.165) is 109 Å². The Kier molecular flexibility index (Phi) is 12.8. The first-order valence-electron chi connectivity index (χ1n) is 13.3. The zero-order valence-electron chi connectivity index (χ0n) is 23.1. The van der Waals surface area contributed by atoms with Crippen molar-refractivity contribution in [3.8, 4) is 0 Å². The van der Waals surface area contributed by atoms with Gasteiger partial charge in [-0.25, -0.2) is 9.97 Å². The fourth-order valence-electron chi connectivity index (χ4n) is 5.05. The van der Waals surface area contributed by atoms with Crippen molar-refractivity contribution in [1.29, 1.82) is 0 Å². The molecule has 3 saturated heterocycles. The Morgan fingerprint density at radius 3 is 2.08 bits per heavy atom. The van der Waals surface area contributed by atoms with Crippen LogP contribution in [0.2, 0.25) is 0 Å². The average molecular weight is 537 g/mol. The number of aryl methyl sites for hydroxylation is 1. The van der Waals surface area contributed by atoms with E-state index in [-0.39, 0.29) is 12.0 Å². The van der Waals surface area contributed by atoms with Crippen LogP contribution in [-0.4, -0.2) is 112 Å². The van der Waals surface area contributed by atoms with Gasteiger partial charge in [-0.1, -0.05) is 0 Å². The van der Waals surface area contributed by atoms with Crippen LogP contribution in [-0.2, 0) is 19.1 Å². The van der Waals surface area contributed by atoms with E-state index >= 15 is 0 Å². The van der Waals surface area contributed by atoms with Gasteiger partial charge < -0.3 is 30.5 Å². The molecule has 1 aromatic heterocycles. The van der Waals surface area contributed by atoms with E-state index in [9.17, 15) is 4.79 Å². The van der Waals surface area contributed by atoms with E-state index in [1.54, 1.807) is 6.33 Å². The van der Waals surface area contributed by atoms with Crippen LogP contribution in [0.5, 0.6) is 0 Å². The largest absolute Gasteiger partial charge is 0.481 e. The molecule has 0 aliphatic carbocycles. The van der Waals surface area contributed by atoms with Gasteiger partial charge in [0.25, 0.3) is 11.9 Å². The molecule has 0 unspecified atom stereocenters. The SMILES string of the molecule is CC(=O)O.CC(=O)O.Cc1ncnc(N2CCN(C(=O)[C@@H]3CC[C@H](N)CN(C4CCOCC4)C3)CC2)c1C. The first-order valence-corrected chi connectivity index (χ1v) is 13.3. The highest BCUT2D eigenvalue weighted by atomic mass is 16.5. The van der Waals surface area contributed by atoms with E-state index in [1.165, 1.54) is 0 Å². The number of anilines is 1. The summed E-state index contributed by atoms with van der Waals surface area (Å²) in [4.78, 5) is 47.0. The van der Waals surface area contributed by atoms with Crippen LogP contribution >= 0.6 is 0 Å². The summed E-state index contributed by atoms with van der Waals surface area (Å²) < 4.78 is 5.53. The topological polar surface area (TPSA) is 162 Å². The first-order chi connectivity index (χ1) is 18.0. The molecule has 1 amide bonds. The first kappa shape index (κ1) is 31.4. The normalized spacial score (nSPS) is 22.8. The van der Waals surface area contributed by atoms with E-state index in [4.69, 9.17) is 30.3 Å². The number of nitrogens with zero attached hydrogens (tertiary/aromatic N) is 5. The molecule has 12 heteroatoms. The van der Waals surface area contributed by atoms with Crippen LogP contribution in [0, 0.1) is 19.8 Å². The van der Waals surface area contributed by atoms with E-state index in [1.807, 2.05) is 6.92 Å². The summed E-state index contributed by atoms with van der Waals surface area (Å²) in [5.41, 5.74) is 8.51. The van der Waals surface area contributed by atoms with Crippen LogP contribution in [0.3, 0.4) is 0 Å². The Morgan fingerprint density at radius 1 is 0.921 bits per heavy atom. The molecule has 3 fully saturated rings. The van der Waals surface area contributed by atoms with Gasteiger partial charge in [0.15, 0.2) is 0 Å². The summed E-state index contributed by atoms with van der Waals surface area (Å²) >= 11 is 0. The van der Waals surface area contributed by atoms with Crippen molar-refractivity contribution < 1.29 is 29.3 Å². The minimum Gasteiger partial charge on any atom is -0.481 e. The molecule has 3 aliphatic rings. The highest BCUT2D eigenvalue weighted by Crippen LogP contribution is 2.25. The molecule has 4 rings (SSSR count). The number of rotatable bonds is 3. The number of piperazine rings is 1. The van der Waals surface area contributed by atoms with Crippen LogP contribution in [0.4, 0.5) is 5.82 Å². The summed E-state index contributed by atoms with van der Waals surface area (Å²) in [5, 5.41) is 14.8. The average Bonchev–Trinajstić information content (AvgIpc) is 3.07. The van der Waals surface area contributed by atoms with Crippen molar-refractivity contribution in [3.63, 3.8) is 0 Å². The number of carboxylic acids is 2. The number of ether oxygens (including phenoxy) is 1. The molecule has 0 bridgehead atoms. The number of nitrogens with two attached hydrogens (primary N) is 1. The number of carbonyl (C=O) groups is 3. The minimum absolute atomic E-state index is 0.0518. The molecule has 38 heavy (non-hydrogen) atoms. The van der Waals surface area contributed by atoms with Crippen molar-refractivity contribution in [2.45, 2.75) is 65.5 Å². The third-order valence-electron chi connectivity index (χ3n) is 7.07. The van der Waals surface area contributed by atoms with E-state index < -0.39 is 11.9 Å². The second-order valence-electron chi connectivity index (χ2n) is 10.1. The highest BCUT2D eigenvalue weighted by Gasteiger charge is 2.34. The number of aromatic nitrogens is 2. The zero-order valence-corrected chi connectivity index (χ0v) is 23.1. The fraction of sp³-hybridized carbons (Fsp3) is 0.731. The number of hydrogen-bond donors (Lipinski definition) is 3. The summed E-state index contributed by atoms with van der Waals surface area (Å²) in [6.45, 7) is 12.8. The molecule has 0 aromatic carbocycles. The molecule has 0 spiro atoms. The monoisotopic (exact) mass is 536 g/mol. The Labute approximate surface area is 225 Å². The lowest BCUT2D eigenvalue weighted by molar-refractivity contribution is -0.137. The number of carboxylic acid groups (broad SMARTS) is 2. The molecule has 3 aliphatic heterocycles. The molecule has 0 saturated carbocycles. The quantitative estimate of drug-likeness (QED) is 0.508. The minimum atomic E-state index is -0.833. The third kappa shape index (κ3) is 10.1. The molecular weight excluding hydrogens is 492 g/mol. The van der Waals surface area contributed by atoms with Gasteiger partial charge in [-0.2, -0.15) is 0 Å². The molecule has 214 valence electrons. The summed E-state index contributed by atoms with van der Waals surface area (Å²) in [6.07, 6.45) is 5.54. The van der Waals surface area contributed by atoms with E-state index in [0.29, 0.717) is 11.9 Å². The Balaban J connectivity index is 0.000000559. The lowest BCUT2D eigenvalue weighted by Crippen LogP contribution is -2.52. The zero-order chi connectivity index (χ0) is 28.2. The second-order valence-corrected chi connectivity index (χ2v) is 10.1. The Morgan fingerprint density at radius 2 is 1.50 bits per heavy atom. The molecule has 4 N–H and O–H groups in total. The molecule has 0 radical (unpaired) electrons. The molecule has 2 atom stereocenters. The number of carbonyl (C=O) groups excluding carboxylic acids is 1. The predicted molar refractivity (Wildman–Crippen MR) is 143 cm³/mol. The van der Waals surface area contributed by atoms with Crippen LogP contribution < -0.4 is 10.6 Å². The molecule has 1 aromatic rings. The summed E-state index contributed by atoms with van der Waals surface area (Å²) in [5.74, 6) is -0.312. The van der Waals surface area contributed by atoms with Gasteiger partial charge in [0.1, 0.15) is 12.1 Å². The van der Waals surface area contributed by atoms with Crippen LogP contribution in [0.15, 0.2) is 6.33 Å². The Bertz CT molecular complexity index is 897. The molecule has 12 nitrogen and oxygen atoms in total. The maximum Gasteiger partial charge on any atom is 0.300 e. The summed E-state index contributed by atoms with van der Waals surface area (Å²) in [7, 11) is 0. The standard InChI is InChI=1S/C22H36N6O2.2C2H4O2/c1-16-17(2)24-15-25-21(16)26-7-9-27(10-8-26)22(29)18-3-4-19(23)14-28(13-18)20-5-11-30-12-6-20;2*1-2(3)4/h15,18-20H,3-14,23H2,1-2H3;2*1H3,(H,3,4)/t18-,19+;;/m1../s1. The number of likely N-dealkylation sites (tertiary alicyclic amines) is 1. The molecule has 4 heterocycles. The van der Waals surface area contributed by atoms with Crippen molar-refractivity contribution >= 4 is 23.7 Å². The number of aliphatic carboxylic acids is 2. The third-order valence-corrected chi connectivity index (χ3v) is 7.07. The lowest BCUT2D eigenvalue weighted by atomic mass is 9.99. The molecular formula is C26H44N6O6. The fourth-order valence-corrected chi connectivity index (χ4v) is 5.05. The van der Waals surface area contributed by atoms with Crippen molar-refractivity contribution in [2.24, 2.45) is 11.7 Å². The Hall–Kier alpha value is -2.83. The van der Waals surface area contributed by atoms with Crippen molar-refractivity contribution in [1.82, 2.24) is 19.8 Å². The van der Waals surface area contributed by atoms with Crippen molar-refractivity contribution in [3.05, 3.63) is 17.6 Å². The van der Waals surface area contributed by atoms with Crippen LogP contribution in [0.25, 0.3) is 0 Å². The maximum absolute atomic E-state index is 13.4. The van der Waals surface area contributed by atoms with Gasteiger partial charge in [-0.15, -0.1) is 0 Å². The van der Waals surface area contributed by atoms with Gasteiger partial charge in [0.2, 0.25) is 5.91 Å². The summed E-state index contributed by atoms with van der Waals surface area (Å²) in [6, 6.07) is 0.658. The lowest BCUT2D eigenvalue weighted by Gasteiger charge is -2.39. The van der Waals surface area contributed by atoms with Crippen LogP contribution in [0.1, 0.15) is 50.8 Å². The van der Waals surface area contributed by atoms with Gasteiger partial charge in [-0.05, 0) is 39.5 Å². The highest BCUT2D eigenvalue weighted by molar-refractivity contribution is 5.79. The van der Waals surface area contributed by atoms with Crippen molar-refractivity contribution in [2.75, 3.05) is 57.4 Å². The number of amides is 1. The van der Waals surface area contributed by atoms with E-state index in [2.05, 4.69) is 31.6 Å². The predicted octanol–water partition coefficient (Wildman–Crippen LogP) is 1.14. The smallest absolute Gasteiger partial charge is 0.300 e. The maximum atomic E-state index is 13.4.